The molecule has 0 unspecified atom stereocenters. The van der Waals surface area contributed by atoms with E-state index >= 15 is 0 Å². The van der Waals surface area contributed by atoms with E-state index in [9.17, 15) is 9.59 Å². The van der Waals surface area contributed by atoms with Crippen LogP contribution in [0.4, 0.5) is 0 Å². The maximum absolute atomic E-state index is 10.9. The smallest absolute Gasteiger partial charge is 0.328 e. The maximum atomic E-state index is 10.9. The molecule has 0 aliphatic rings. The average molecular weight is 174 g/mol. The van der Waals surface area contributed by atoms with E-state index in [2.05, 4.69) is 10.6 Å². The average Bonchev–Trinajstić information content (AvgIpc) is 1.85. The summed E-state index contributed by atoms with van der Waals surface area (Å²) in [5.41, 5.74) is -1.20. The molecule has 0 aliphatic heterocycles. The van der Waals surface area contributed by atoms with E-state index in [0.717, 1.165) is 0 Å². The van der Waals surface area contributed by atoms with E-state index in [0.29, 0.717) is 0 Å². The lowest BCUT2D eigenvalue weighted by molar-refractivity contribution is -0.145. The molecule has 0 spiro atoms. The van der Waals surface area contributed by atoms with Crippen LogP contribution >= 0.6 is 0 Å². The molecule has 1 amide bonds. The second kappa shape index (κ2) is 4.06. The largest absolute Gasteiger partial charge is 0.480 e. The highest BCUT2D eigenvalue weighted by Crippen LogP contribution is 2.00. The van der Waals surface area contributed by atoms with E-state index in [1.165, 1.54) is 13.8 Å². The van der Waals surface area contributed by atoms with Gasteiger partial charge in [-0.2, -0.15) is 0 Å². The standard InChI is InChI=1S/C7H14N2O3/c1-7(2,6(11)12)9-5(10)4-8-3/h8H,4H2,1-3H3,(H,9,10)(H,11,12). The first-order valence-corrected chi connectivity index (χ1v) is 3.59. The molecule has 3 N–H and O–H groups in total. The van der Waals surface area contributed by atoms with Crippen molar-refractivity contribution in [1.82, 2.24) is 10.6 Å². The molecule has 0 aliphatic carbocycles. The molecule has 0 saturated carbocycles. The Morgan fingerprint density at radius 3 is 2.25 bits per heavy atom. The number of hydrogen-bond acceptors (Lipinski definition) is 3. The molecule has 0 fully saturated rings. The Hall–Kier alpha value is -1.10. The third kappa shape index (κ3) is 3.34. The fourth-order valence-electron chi connectivity index (χ4n) is 0.607. The van der Waals surface area contributed by atoms with Gasteiger partial charge in [0.2, 0.25) is 5.91 Å². The molecule has 0 aromatic carbocycles. The highest BCUT2D eigenvalue weighted by Gasteiger charge is 2.28. The minimum atomic E-state index is -1.20. The number of carboxylic acid groups (broad SMARTS) is 1. The van der Waals surface area contributed by atoms with Gasteiger partial charge >= 0.3 is 5.97 Å². The van der Waals surface area contributed by atoms with Crippen LogP contribution in [0.2, 0.25) is 0 Å². The van der Waals surface area contributed by atoms with Crippen LogP contribution in [-0.2, 0) is 9.59 Å². The summed E-state index contributed by atoms with van der Waals surface area (Å²) >= 11 is 0. The van der Waals surface area contributed by atoms with E-state index in [1.807, 2.05) is 0 Å². The molecule has 5 heteroatoms. The predicted molar refractivity (Wildman–Crippen MR) is 43.8 cm³/mol. The number of amides is 1. The number of likely N-dealkylation sites (N-methyl/N-ethyl adjacent to an activating group) is 1. The van der Waals surface area contributed by atoms with Gasteiger partial charge in [-0.05, 0) is 20.9 Å². The Labute approximate surface area is 71.1 Å². The number of rotatable bonds is 4. The van der Waals surface area contributed by atoms with Gasteiger partial charge in [0.05, 0.1) is 6.54 Å². The van der Waals surface area contributed by atoms with Crippen molar-refractivity contribution < 1.29 is 14.7 Å². The van der Waals surface area contributed by atoms with Crippen molar-refractivity contribution in [2.45, 2.75) is 19.4 Å². The Morgan fingerprint density at radius 1 is 1.42 bits per heavy atom. The van der Waals surface area contributed by atoms with Crippen LogP contribution in [0, 0.1) is 0 Å². The van der Waals surface area contributed by atoms with E-state index in [1.54, 1.807) is 7.05 Å². The zero-order valence-corrected chi connectivity index (χ0v) is 7.47. The summed E-state index contributed by atoms with van der Waals surface area (Å²) in [4.78, 5) is 21.5. The predicted octanol–water partition coefficient (Wildman–Crippen LogP) is -0.815. The van der Waals surface area contributed by atoms with Crippen molar-refractivity contribution >= 4 is 11.9 Å². The normalized spacial score (nSPS) is 10.9. The van der Waals surface area contributed by atoms with Gasteiger partial charge in [0.1, 0.15) is 5.54 Å². The third-order valence-corrected chi connectivity index (χ3v) is 1.32. The van der Waals surface area contributed by atoms with E-state index in [-0.39, 0.29) is 12.5 Å². The van der Waals surface area contributed by atoms with Crippen molar-refractivity contribution in [1.29, 1.82) is 0 Å². The van der Waals surface area contributed by atoms with Crippen molar-refractivity contribution in [2.75, 3.05) is 13.6 Å². The Bertz CT molecular complexity index is 189. The Balaban J connectivity index is 4.06. The molecule has 0 saturated heterocycles. The number of aliphatic carboxylic acids is 1. The zero-order valence-electron chi connectivity index (χ0n) is 7.47. The summed E-state index contributed by atoms with van der Waals surface area (Å²) in [6, 6.07) is 0. The molecule has 0 aromatic rings. The van der Waals surface area contributed by atoms with Gasteiger partial charge in [-0.1, -0.05) is 0 Å². The summed E-state index contributed by atoms with van der Waals surface area (Å²) in [6.07, 6.45) is 0. The lowest BCUT2D eigenvalue weighted by atomic mass is 10.1. The molecule has 0 radical (unpaired) electrons. The minimum Gasteiger partial charge on any atom is -0.480 e. The Morgan fingerprint density at radius 2 is 1.92 bits per heavy atom. The van der Waals surface area contributed by atoms with E-state index in [4.69, 9.17) is 5.11 Å². The first-order chi connectivity index (χ1) is 5.40. The number of carboxylic acids is 1. The third-order valence-electron chi connectivity index (χ3n) is 1.32. The van der Waals surface area contributed by atoms with Gasteiger partial charge in [0, 0.05) is 0 Å². The Kier molecular flexibility index (Phi) is 3.69. The molecule has 0 atom stereocenters. The number of hydrogen-bond donors (Lipinski definition) is 3. The number of carbonyl (C=O) groups excluding carboxylic acids is 1. The van der Waals surface area contributed by atoms with Gasteiger partial charge in [-0.25, -0.2) is 4.79 Å². The highest BCUT2D eigenvalue weighted by molar-refractivity contribution is 5.87. The maximum Gasteiger partial charge on any atom is 0.328 e. The topological polar surface area (TPSA) is 78.4 Å². The van der Waals surface area contributed by atoms with Crippen LogP contribution in [0.15, 0.2) is 0 Å². The SMILES string of the molecule is CNCC(=O)NC(C)(C)C(=O)O. The van der Waals surface area contributed by atoms with Crippen molar-refractivity contribution in [3.63, 3.8) is 0 Å². The van der Waals surface area contributed by atoms with Crippen LogP contribution in [-0.4, -0.2) is 36.1 Å². The van der Waals surface area contributed by atoms with Gasteiger partial charge in [0.25, 0.3) is 0 Å². The minimum absolute atomic E-state index is 0.122. The van der Waals surface area contributed by atoms with Crippen LogP contribution < -0.4 is 10.6 Å². The van der Waals surface area contributed by atoms with Crippen molar-refractivity contribution in [3.8, 4) is 0 Å². The molecule has 70 valence electrons. The van der Waals surface area contributed by atoms with Crippen LogP contribution in [0.5, 0.6) is 0 Å². The fraction of sp³-hybridized carbons (Fsp3) is 0.714. The molecule has 0 heterocycles. The molecular formula is C7H14N2O3. The quantitative estimate of drug-likeness (QED) is 0.520. The highest BCUT2D eigenvalue weighted by atomic mass is 16.4. The first-order valence-electron chi connectivity index (χ1n) is 3.59. The number of carbonyl (C=O) groups is 2. The molecule has 12 heavy (non-hydrogen) atoms. The fourth-order valence-corrected chi connectivity index (χ4v) is 0.607. The summed E-state index contributed by atoms with van der Waals surface area (Å²) in [6.45, 7) is 2.99. The molecule has 0 bridgehead atoms. The van der Waals surface area contributed by atoms with Crippen molar-refractivity contribution in [2.24, 2.45) is 0 Å². The summed E-state index contributed by atoms with van der Waals surface area (Å²) in [5.74, 6) is -1.38. The number of nitrogens with one attached hydrogen (secondary N) is 2. The van der Waals surface area contributed by atoms with Crippen molar-refractivity contribution in [3.05, 3.63) is 0 Å². The second-order valence-corrected chi connectivity index (χ2v) is 3.01. The zero-order chi connectivity index (χ0) is 9.78. The van der Waals surface area contributed by atoms with Crippen LogP contribution in [0.1, 0.15) is 13.8 Å². The summed E-state index contributed by atoms with van der Waals surface area (Å²) < 4.78 is 0. The summed E-state index contributed by atoms with van der Waals surface area (Å²) in [7, 11) is 1.62. The molecule has 0 rings (SSSR count). The van der Waals surface area contributed by atoms with Crippen LogP contribution in [0.3, 0.4) is 0 Å². The molecular weight excluding hydrogens is 160 g/mol. The van der Waals surface area contributed by atoms with Gasteiger partial charge in [0.15, 0.2) is 0 Å². The molecule has 5 nitrogen and oxygen atoms in total. The van der Waals surface area contributed by atoms with Gasteiger partial charge in [-0.15, -0.1) is 0 Å². The first kappa shape index (κ1) is 10.9. The van der Waals surface area contributed by atoms with Gasteiger partial charge < -0.3 is 15.7 Å². The van der Waals surface area contributed by atoms with Crippen LogP contribution in [0.25, 0.3) is 0 Å². The second-order valence-electron chi connectivity index (χ2n) is 3.01. The monoisotopic (exact) mass is 174 g/mol. The van der Waals surface area contributed by atoms with Gasteiger partial charge in [-0.3, -0.25) is 4.79 Å². The lowest BCUT2D eigenvalue weighted by Crippen LogP contribution is -2.51. The lowest BCUT2D eigenvalue weighted by Gasteiger charge is -2.20. The van der Waals surface area contributed by atoms with E-state index < -0.39 is 11.5 Å². The molecule has 0 aromatic heterocycles. The summed E-state index contributed by atoms with van der Waals surface area (Å²) in [5, 5.41) is 13.6.